The molecular formula is C10H10F4N2O4S. The first-order valence-corrected chi connectivity index (χ1v) is 7.23. The number of nitrogens with one attached hydrogen (secondary N) is 1. The summed E-state index contributed by atoms with van der Waals surface area (Å²) in [5.74, 6) is -4.41. The number of rotatable bonds is 6. The minimum Gasteiger partial charge on any atom is -0.373 e. The van der Waals surface area contributed by atoms with Gasteiger partial charge in [0.1, 0.15) is 10.6 Å². The second-order valence-electron chi connectivity index (χ2n) is 4.10. The van der Waals surface area contributed by atoms with Gasteiger partial charge in [-0.25, -0.2) is 17.2 Å². The molecule has 0 aliphatic rings. The van der Waals surface area contributed by atoms with Crippen LogP contribution in [0.3, 0.4) is 0 Å². The van der Waals surface area contributed by atoms with E-state index in [9.17, 15) is 36.1 Å². The lowest BCUT2D eigenvalue weighted by molar-refractivity contribution is -0.386. The molecule has 21 heavy (non-hydrogen) atoms. The topological polar surface area (TPSA) is 89.3 Å². The summed E-state index contributed by atoms with van der Waals surface area (Å²) >= 11 is 0. The van der Waals surface area contributed by atoms with Gasteiger partial charge in [0, 0.05) is 6.26 Å². The summed E-state index contributed by atoms with van der Waals surface area (Å²) < 4.78 is 72.5. The summed E-state index contributed by atoms with van der Waals surface area (Å²) in [7, 11) is -3.99. The Morgan fingerprint density at radius 3 is 2.38 bits per heavy atom. The van der Waals surface area contributed by atoms with Gasteiger partial charge in [0.25, 0.3) is 0 Å². The van der Waals surface area contributed by atoms with Crippen molar-refractivity contribution in [1.82, 2.24) is 0 Å². The number of anilines is 1. The Kier molecular flexibility index (Phi) is 4.76. The van der Waals surface area contributed by atoms with Crippen molar-refractivity contribution in [1.29, 1.82) is 0 Å². The van der Waals surface area contributed by atoms with E-state index in [1.807, 2.05) is 0 Å². The molecule has 0 aliphatic heterocycles. The molecular weight excluding hydrogens is 320 g/mol. The molecule has 118 valence electrons. The number of nitrogens with zero attached hydrogens (tertiary/aromatic N) is 1. The van der Waals surface area contributed by atoms with E-state index in [1.54, 1.807) is 5.32 Å². The number of benzene rings is 1. The van der Waals surface area contributed by atoms with Crippen molar-refractivity contribution in [2.45, 2.75) is 17.2 Å². The summed E-state index contributed by atoms with van der Waals surface area (Å²) in [5, 5.41) is 12.7. The van der Waals surface area contributed by atoms with Crippen molar-refractivity contribution in [3.8, 4) is 0 Å². The molecule has 6 nitrogen and oxygen atoms in total. The predicted molar refractivity (Wildman–Crippen MR) is 65.6 cm³/mol. The second kappa shape index (κ2) is 5.84. The van der Waals surface area contributed by atoms with E-state index >= 15 is 0 Å². The Labute approximate surface area is 116 Å². The van der Waals surface area contributed by atoms with Crippen molar-refractivity contribution in [3.05, 3.63) is 28.3 Å². The van der Waals surface area contributed by atoms with Crippen LogP contribution in [-0.2, 0) is 9.84 Å². The van der Waals surface area contributed by atoms with Gasteiger partial charge in [0.15, 0.2) is 9.84 Å². The third kappa shape index (κ3) is 4.03. The molecule has 1 N–H and O–H groups in total. The largest absolute Gasteiger partial charge is 0.373 e. The van der Waals surface area contributed by atoms with E-state index in [2.05, 4.69) is 0 Å². The highest BCUT2D eigenvalue weighted by Crippen LogP contribution is 2.33. The molecule has 1 rings (SSSR count). The predicted octanol–water partition coefficient (Wildman–Crippen LogP) is 2.31. The maximum absolute atomic E-state index is 12.8. The highest BCUT2D eigenvalue weighted by Gasteiger charge is 2.41. The van der Waals surface area contributed by atoms with Crippen LogP contribution in [0.2, 0.25) is 0 Å². The summed E-state index contributed by atoms with van der Waals surface area (Å²) in [5.41, 5.74) is -1.55. The number of hydrogen-bond donors (Lipinski definition) is 1. The van der Waals surface area contributed by atoms with Crippen molar-refractivity contribution >= 4 is 21.2 Å². The molecule has 0 aromatic heterocycles. The van der Waals surface area contributed by atoms with Gasteiger partial charge in [-0.2, -0.15) is 8.78 Å². The minimum absolute atomic E-state index is 0.580. The Balaban J connectivity index is 3.23. The molecule has 0 amide bonds. The second-order valence-corrected chi connectivity index (χ2v) is 6.08. The van der Waals surface area contributed by atoms with Gasteiger partial charge in [-0.3, -0.25) is 10.1 Å². The summed E-state index contributed by atoms with van der Waals surface area (Å²) in [6.45, 7) is -1.57. The Morgan fingerprint density at radius 1 is 1.38 bits per heavy atom. The number of alkyl halides is 4. The van der Waals surface area contributed by atoms with Crippen molar-refractivity contribution in [2.24, 2.45) is 0 Å². The van der Waals surface area contributed by atoms with Crippen LogP contribution < -0.4 is 5.32 Å². The SMILES string of the molecule is CS(=O)(=O)c1cccc(NCC(F)(F)C(F)F)c1[N+](=O)[O-]. The molecule has 0 aliphatic carbocycles. The first kappa shape index (κ1) is 17.1. The number of nitro benzene ring substituents is 1. The van der Waals surface area contributed by atoms with E-state index < -0.39 is 49.9 Å². The van der Waals surface area contributed by atoms with Crippen LogP contribution in [0.15, 0.2) is 23.1 Å². The van der Waals surface area contributed by atoms with E-state index in [1.165, 1.54) is 0 Å². The zero-order valence-corrected chi connectivity index (χ0v) is 11.3. The highest BCUT2D eigenvalue weighted by atomic mass is 32.2. The highest BCUT2D eigenvalue weighted by molar-refractivity contribution is 7.90. The molecule has 0 atom stereocenters. The summed E-state index contributed by atoms with van der Waals surface area (Å²) in [4.78, 5) is 9.13. The Morgan fingerprint density at radius 2 is 1.95 bits per heavy atom. The zero-order chi connectivity index (χ0) is 16.4. The minimum atomic E-state index is -4.41. The van der Waals surface area contributed by atoms with Crippen molar-refractivity contribution in [3.63, 3.8) is 0 Å². The Bertz CT molecular complexity index is 648. The molecule has 0 fully saturated rings. The normalized spacial score (nSPS) is 12.5. The zero-order valence-electron chi connectivity index (χ0n) is 10.5. The number of sulfone groups is 1. The standard InChI is InChI=1S/C10H10F4N2O4S/c1-21(19,20)7-4-2-3-6(8(7)16(17)18)15-5-10(13,14)9(11)12/h2-4,9,15H,5H2,1H3. The Hall–Kier alpha value is -1.91. The van der Waals surface area contributed by atoms with Crippen molar-refractivity contribution < 1.29 is 30.9 Å². The van der Waals surface area contributed by atoms with Gasteiger partial charge in [-0.05, 0) is 12.1 Å². The molecule has 1 aromatic rings. The van der Waals surface area contributed by atoms with E-state index in [0.29, 0.717) is 6.26 Å². The number of hydrogen-bond acceptors (Lipinski definition) is 5. The fraction of sp³-hybridized carbons (Fsp3) is 0.400. The van der Waals surface area contributed by atoms with Crippen LogP contribution in [0.5, 0.6) is 0 Å². The van der Waals surface area contributed by atoms with E-state index in [-0.39, 0.29) is 0 Å². The van der Waals surface area contributed by atoms with Crippen LogP contribution in [0.1, 0.15) is 0 Å². The third-order valence-corrected chi connectivity index (χ3v) is 3.54. The molecule has 1 aromatic carbocycles. The number of nitro groups is 1. The fourth-order valence-corrected chi connectivity index (χ4v) is 2.30. The monoisotopic (exact) mass is 330 g/mol. The summed E-state index contributed by atoms with van der Waals surface area (Å²) in [6.07, 6.45) is -3.26. The smallest absolute Gasteiger partial charge is 0.324 e. The average molecular weight is 330 g/mol. The van der Waals surface area contributed by atoms with Gasteiger partial charge >= 0.3 is 18.0 Å². The maximum Gasteiger partial charge on any atom is 0.324 e. The van der Waals surface area contributed by atoms with Gasteiger partial charge in [-0.1, -0.05) is 6.07 Å². The van der Waals surface area contributed by atoms with Crippen LogP contribution in [0.25, 0.3) is 0 Å². The van der Waals surface area contributed by atoms with Gasteiger partial charge in [0.2, 0.25) is 0 Å². The molecule has 0 saturated carbocycles. The molecule has 0 saturated heterocycles. The van der Waals surface area contributed by atoms with Gasteiger partial charge < -0.3 is 5.32 Å². The van der Waals surface area contributed by atoms with Crippen LogP contribution >= 0.6 is 0 Å². The lowest BCUT2D eigenvalue weighted by atomic mass is 10.2. The number of halogens is 4. The molecule has 0 radical (unpaired) electrons. The third-order valence-electron chi connectivity index (χ3n) is 2.41. The molecule has 0 heterocycles. The quantitative estimate of drug-likeness (QED) is 0.491. The average Bonchev–Trinajstić information content (AvgIpc) is 2.34. The molecule has 0 spiro atoms. The molecule has 11 heteroatoms. The lowest BCUT2D eigenvalue weighted by Crippen LogP contribution is -2.35. The molecule has 0 unspecified atom stereocenters. The van der Waals surface area contributed by atoms with Crippen molar-refractivity contribution in [2.75, 3.05) is 18.1 Å². The first-order valence-electron chi connectivity index (χ1n) is 5.34. The summed E-state index contributed by atoms with van der Waals surface area (Å²) in [6, 6.07) is 2.95. The molecule has 0 bridgehead atoms. The van der Waals surface area contributed by atoms with E-state index in [0.717, 1.165) is 18.2 Å². The lowest BCUT2D eigenvalue weighted by Gasteiger charge is -2.17. The van der Waals surface area contributed by atoms with Gasteiger partial charge in [-0.15, -0.1) is 0 Å². The van der Waals surface area contributed by atoms with Gasteiger partial charge in [0.05, 0.1) is 11.5 Å². The van der Waals surface area contributed by atoms with E-state index in [4.69, 9.17) is 0 Å². The van der Waals surface area contributed by atoms with Crippen LogP contribution in [0.4, 0.5) is 28.9 Å². The first-order chi connectivity index (χ1) is 9.47. The van der Waals surface area contributed by atoms with Crippen LogP contribution in [0, 0.1) is 10.1 Å². The van der Waals surface area contributed by atoms with Crippen LogP contribution in [-0.4, -0.2) is 38.5 Å². The maximum atomic E-state index is 12.8. The fourth-order valence-electron chi connectivity index (χ4n) is 1.44. The number of para-hydroxylation sites is 1.